The highest BCUT2D eigenvalue weighted by molar-refractivity contribution is 6.18. The lowest BCUT2D eigenvalue weighted by Crippen LogP contribution is -2.49. The zero-order valence-corrected chi connectivity index (χ0v) is 11.6. The molecular formula is C12H24ClNO3. The van der Waals surface area contributed by atoms with Crippen molar-refractivity contribution < 1.29 is 14.2 Å². The fourth-order valence-corrected chi connectivity index (χ4v) is 2.06. The standard InChI is InChI=1S/C12H24ClNO3/c1-11-10-17-12(8-13)9-14(11)4-7-16-6-3-5-15-2/h11-12H,3-10H2,1-2H3. The van der Waals surface area contributed by atoms with Gasteiger partial charge in [0.1, 0.15) is 0 Å². The fourth-order valence-electron chi connectivity index (χ4n) is 1.87. The van der Waals surface area contributed by atoms with Crippen molar-refractivity contribution in [2.45, 2.75) is 25.5 Å². The summed E-state index contributed by atoms with van der Waals surface area (Å²) >= 11 is 5.82. The van der Waals surface area contributed by atoms with Gasteiger partial charge in [0, 0.05) is 45.3 Å². The van der Waals surface area contributed by atoms with Gasteiger partial charge in [-0.1, -0.05) is 0 Å². The largest absolute Gasteiger partial charge is 0.385 e. The van der Waals surface area contributed by atoms with E-state index in [1.165, 1.54) is 0 Å². The lowest BCUT2D eigenvalue weighted by atomic mass is 10.2. The van der Waals surface area contributed by atoms with Crippen LogP contribution < -0.4 is 0 Å². The van der Waals surface area contributed by atoms with Gasteiger partial charge >= 0.3 is 0 Å². The van der Waals surface area contributed by atoms with Gasteiger partial charge in [-0.15, -0.1) is 11.6 Å². The molecule has 0 aromatic rings. The number of methoxy groups -OCH3 is 1. The molecule has 0 aliphatic carbocycles. The first-order chi connectivity index (χ1) is 8.27. The molecule has 1 aliphatic rings. The lowest BCUT2D eigenvalue weighted by molar-refractivity contribution is -0.0558. The van der Waals surface area contributed by atoms with Crippen LogP contribution in [-0.4, -0.2) is 69.6 Å². The van der Waals surface area contributed by atoms with E-state index < -0.39 is 0 Å². The molecule has 17 heavy (non-hydrogen) atoms. The molecule has 102 valence electrons. The summed E-state index contributed by atoms with van der Waals surface area (Å²) in [7, 11) is 1.71. The van der Waals surface area contributed by atoms with Gasteiger partial charge in [-0.25, -0.2) is 0 Å². The number of hydrogen-bond donors (Lipinski definition) is 0. The predicted molar refractivity (Wildman–Crippen MR) is 68.8 cm³/mol. The third-order valence-electron chi connectivity index (χ3n) is 2.97. The molecule has 0 bridgehead atoms. The molecule has 1 aliphatic heterocycles. The summed E-state index contributed by atoms with van der Waals surface area (Å²) in [5, 5.41) is 0. The number of halogens is 1. The number of morpholine rings is 1. The van der Waals surface area contributed by atoms with Gasteiger partial charge in [0.15, 0.2) is 0 Å². The molecule has 0 N–H and O–H groups in total. The van der Waals surface area contributed by atoms with Crippen molar-refractivity contribution in [3.63, 3.8) is 0 Å². The second kappa shape index (κ2) is 9.11. The van der Waals surface area contributed by atoms with Crippen molar-refractivity contribution in [3.05, 3.63) is 0 Å². The van der Waals surface area contributed by atoms with Crippen LogP contribution in [0.3, 0.4) is 0 Å². The molecule has 0 aromatic carbocycles. The zero-order valence-electron chi connectivity index (χ0n) is 10.9. The minimum Gasteiger partial charge on any atom is -0.385 e. The average Bonchev–Trinajstić information content (AvgIpc) is 2.35. The lowest BCUT2D eigenvalue weighted by Gasteiger charge is -2.37. The van der Waals surface area contributed by atoms with Crippen molar-refractivity contribution in [1.82, 2.24) is 4.90 Å². The highest BCUT2D eigenvalue weighted by Crippen LogP contribution is 2.12. The molecule has 0 amide bonds. The number of hydrogen-bond acceptors (Lipinski definition) is 4. The smallest absolute Gasteiger partial charge is 0.0837 e. The third-order valence-corrected chi connectivity index (χ3v) is 3.31. The second-order valence-electron chi connectivity index (χ2n) is 4.41. The topological polar surface area (TPSA) is 30.9 Å². The van der Waals surface area contributed by atoms with Crippen LogP contribution in [0.5, 0.6) is 0 Å². The first-order valence-electron chi connectivity index (χ1n) is 6.26. The molecule has 0 spiro atoms. The summed E-state index contributed by atoms with van der Waals surface area (Å²) in [6, 6.07) is 0.456. The Morgan fingerprint density at radius 2 is 2.18 bits per heavy atom. The molecule has 1 rings (SSSR count). The molecule has 2 unspecified atom stereocenters. The van der Waals surface area contributed by atoms with E-state index in [9.17, 15) is 0 Å². The Hall–Kier alpha value is 0.130. The Morgan fingerprint density at radius 1 is 1.35 bits per heavy atom. The Kier molecular flexibility index (Phi) is 8.14. The first kappa shape index (κ1) is 15.2. The fraction of sp³-hybridized carbons (Fsp3) is 1.00. The van der Waals surface area contributed by atoms with E-state index in [2.05, 4.69) is 11.8 Å². The van der Waals surface area contributed by atoms with Crippen LogP contribution in [0.4, 0.5) is 0 Å². The van der Waals surface area contributed by atoms with Crippen molar-refractivity contribution in [1.29, 1.82) is 0 Å². The number of alkyl halides is 1. The molecule has 2 atom stereocenters. The Morgan fingerprint density at radius 3 is 2.88 bits per heavy atom. The van der Waals surface area contributed by atoms with Crippen LogP contribution in [0.1, 0.15) is 13.3 Å². The predicted octanol–water partition coefficient (Wildman–Crippen LogP) is 1.37. The molecule has 0 radical (unpaired) electrons. The maximum absolute atomic E-state index is 5.82. The number of nitrogens with zero attached hydrogens (tertiary/aromatic N) is 1. The van der Waals surface area contributed by atoms with Crippen LogP contribution >= 0.6 is 11.6 Å². The SMILES string of the molecule is COCCCOCCN1CC(CCl)OCC1C. The third kappa shape index (κ3) is 6.02. The number of rotatable bonds is 8. The molecule has 1 heterocycles. The van der Waals surface area contributed by atoms with Gasteiger partial charge in [0.25, 0.3) is 0 Å². The van der Waals surface area contributed by atoms with E-state index in [1.54, 1.807) is 7.11 Å². The molecule has 5 heteroatoms. The van der Waals surface area contributed by atoms with Crippen molar-refractivity contribution in [2.75, 3.05) is 52.5 Å². The van der Waals surface area contributed by atoms with Crippen molar-refractivity contribution in [3.8, 4) is 0 Å². The molecule has 1 saturated heterocycles. The molecule has 0 aromatic heterocycles. The van der Waals surface area contributed by atoms with Gasteiger partial charge in [-0.3, -0.25) is 4.90 Å². The molecular weight excluding hydrogens is 242 g/mol. The first-order valence-corrected chi connectivity index (χ1v) is 6.79. The van der Waals surface area contributed by atoms with Gasteiger partial charge < -0.3 is 14.2 Å². The molecule has 4 nitrogen and oxygen atoms in total. The van der Waals surface area contributed by atoms with Crippen LogP contribution in [0.2, 0.25) is 0 Å². The van der Waals surface area contributed by atoms with Gasteiger partial charge in [0.05, 0.1) is 19.3 Å². The van der Waals surface area contributed by atoms with Crippen molar-refractivity contribution >= 4 is 11.6 Å². The average molecular weight is 266 g/mol. The van der Waals surface area contributed by atoms with E-state index >= 15 is 0 Å². The highest BCUT2D eigenvalue weighted by atomic mass is 35.5. The van der Waals surface area contributed by atoms with Crippen LogP contribution in [0, 0.1) is 0 Å². The maximum atomic E-state index is 5.82. The monoisotopic (exact) mass is 265 g/mol. The summed E-state index contributed by atoms with van der Waals surface area (Å²) in [6.45, 7) is 7.10. The Balaban J connectivity index is 2.07. The summed E-state index contributed by atoms with van der Waals surface area (Å²) in [4.78, 5) is 2.38. The van der Waals surface area contributed by atoms with Crippen LogP contribution in [-0.2, 0) is 14.2 Å². The Bertz CT molecular complexity index is 195. The van der Waals surface area contributed by atoms with E-state index in [4.69, 9.17) is 25.8 Å². The van der Waals surface area contributed by atoms with Crippen molar-refractivity contribution in [2.24, 2.45) is 0 Å². The van der Waals surface area contributed by atoms with Crippen LogP contribution in [0.25, 0.3) is 0 Å². The number of ether oxygens (including phenoxy) is 3. The van der Waals surface area contributed by atoms with Gasteiger partial charge in [-0.05, 0) is 13.3 Å². The zero-order chi connectivity index (χ0) is 12.5. The van der Waals surface area contributed by atoms with E-state index in [0.29, 0.717) is 11.9 Å². The van der Waals surface area contributed by atoms with E-state index in [-0.39, 0.29) is 6.10 Å². The molecule has 0 saturated carbocycles. The Labute approximate surface area is 109 Å². The summed E-state index contributed by atoms with van der Waals surface area (Å²) in [6.07, 6.45) is 1.13. The highest BCUT2D eigenvalue weighted by Gasteiger charge is 2.24. The molecule has 1 fully saturated rings. The maximum Gasteiger partial charge on any atom is 0.0837 e. The summed E-state index contributed by atoms with van der Waals surface area (Å²) < 4.78 is 16.1. The van der Waals surface area contributed by atoms with Crippen LogP contribution in [0.15, 0.2) is 0 Å². The second-order valence-corrected chi connectivity index (χ2v) is 4.72. The summed E-state index contributed by atoms with van der Waals surface area (Å²) in [5.41, 5.74) is 0. The summed E-state index contributed by atoms with van der Waals surface area (Å²) in [5.74, 6) is 0.567. The minimum atomic E-state index is 0.168. The normalized spacial score (nSPS) is 26.3. The minimum absolute atomic E-state index is 0.168. The van der Waals surface area contributed by atoms with E-state index in [1.807, 2.05) is 0 Å². The van der Waals surface area contributed by atoms with E-state index in [0.717, 1.165) is 45.9 Å². The quantitative estimate of drug-likeness (QED) is 0.490. The van der Waals surface area contributed by atoms with Gasteiger partial charge in [-0.2, -0.15) is 0 Å². The van der Waals surface area contributed by atoms with Gasteiger partial charge in [0.2, 0.25) is 0 Å².